The van der Waals surface area contributed by atoms with Gasteiger partial charge in [-0.15, -0.1) is 0 Å². The molecule has 33 heavy (non-hydrogen) atoms. The molecule has 1 aliphatic carbocycles. The van der Waals surface area contributed by atoms with Crippen LogP contribution in [0.3, 0.4) is 0 Å². The van der Waals surface area contributed by atoms with E-state index in [1.807, 2.05) is 12.1 Å². The fraction of sp³-hybridized carbons (Fsp3) is 0.630. The van der Waals surface area contributed by atoms with E-state index >= 15 is 0 Å². The van der Waals surface area contributed by atoms with Gasteiger partial charge in [0.2, 0.25) is 0 Å². The van der Waals surface area contributed by atoms with Gasteiger partial charge in [-0.25, -0.2) is 4.79 Å². The van der Waals surface area contributed by atoms with Crippen LogP contribution in [0.1, 0.15) is 45.6 Å². The number of nitrogens with zero attached hydrogens (tertiary/aromatic N) is 1. The van der Waals surface area contributed by atoms with Crippen LogP contribution in [0.2, 0.25) is 25.7 Å². The molecule has 0 radical (unpaired) electrons. The van der Waals surface area contributed by atoms with Crippen molar-refractivity contribution in [1.29, 1.82) is 0 Å². The Balaban J connectivity index is 1.65. The first-order chi connectivity index (χ1) is 15.5. The molecule has 1 unspecified atom stereocenters. The lowest BCUT2D eigenvalue weighted by atomic mass is 9.78. The number of rotatable bonds is 5. The van der Waals surface area contributed by atoms with Gasteiger partial charge >= 0.3 is 6.09 Å². The summed E-state index contributed by atoms with van der Waals surface area (Å²) in [4.78, 5) is 14.8. The predicted molar refractivity (Wildman–Crippen MR) is 146 cm³/mol. The Morgan fingerprint density at radius 1 is 1.27 bits per heavy atom. The Kier molecular flexibility index (Phi) is 6.89. The fourth-order valence-electron chi connectivity index (χ4n) is 5.54. The van der Waals surface area contributed by atoms with Crippen LogP contribution >= 0.6 is 10.5 Å². The Labute approximate surface area is 203 Å². The third-order valence-electron chi connectivity index (χ3n) is 7.89. The number of hydrogen-bond acceptors (Lipinski definition) is 3. The second kappa shape index (κ2) is 9.25. The van der Waals surface area contributed by atoms with E-state index in [1.165, 1.54) is 24.8 Å². The third kappa shape index (κ3) is 4.97. The van der Waals surface area contributed by atoms with Crippen molar-refractivity contribution in [3.05, 3.63) is 29.8 Å². The minimum absolute atomic E-state index is 0.213. The summed E-state index contributed by atoms with van der Waals surface area (Å²) in [6, 6.07) is 7.02. The van der Waals surface area contributed by atoms with Crippen molar-refractivity contribution in [3.63, 3.8) is 0 Å². The van der Waals surface area contributed by atoms with E-state index in [0.717, 1.165) is 40.1 Å². The molecular formula is C27H41NO3SSi. The summed E-state index contributed by atoms with van der Waals surface area (Å²) in [5, 5.41) is 3.33. The number of fused-ring (bicyclic) bond motifs is 3. The van der Waals surface area contributed by atoms with Gasteiger partial charge < -0.3 is 9.47 Å². The number of benzene rings is 1. The van der Waals surface area contributed by atoms with E-state index in [4.69, 9.17) is 9.47 Å². The summed E-state index contributed by atoms with van der Waals surface area (Å²) in [5.41, 5.74) is 3.27. The largest absolute Gasteiger partial charge is 0.497 e. The number of amides is 1. The topological polar surface area (TPSA) is 38.8 Å². The first-order valence-corrected chi connectivity index (χ1v) is 17.5. The molecule has 1 saturated heterocycles. The molecule has 4 nitrogen and oxygen atoms in total. The van der Waals surface area contributed by atoms with Crippen LogP contribution < -0.4 is 9.64 Å². The number of carbonyl (C=O) groups is 1. The molecule has 1 amide bonds. The van der Waals surface area contributed by atoms with Crippen LogP contribution in [0.25, 0.3) is 5.57 Å². The number of methoxy groups -OCH3 is 1. The van der Waals surface area contributed by atoms with Crippen molar-refractivity contribution in [2.45, 2.75) is 75.7 Å². The summed E-state index contributed by atoms with van der Waals surface area (Å²) in [5.74, 6) is 2.43. The molecule has 1 aromatic rings. The second-order valence-corrected chi connectivity index (χ2v) is 20.0. The zero-order valence-electron chi connectivity index (χ0n) is 21.4. The lowest BCUT2D eigenvalue weighted by Crippen LogP contribution is -2.35. The van der Waals surface area contributed by atoms with E-state index in [9.17, 15) is 4.79 Å². The summed E-state index contributed by atoms with van der Waals surface area (Å²) in [6.07, 6.45) is 6.06. The highest BCUT2D eigenvalue weighted by atomic mass is 32.2. The van der Waals surface area contributed by atoms with E-state index < -0.39 is 8.07 Å². The summed E-state index contributed by atoms with van der Waals surface area (Å²) in [6.45, 7) is 15.4. The molecule has 1 saturated carbocycles. The van der Waals surface area contributed by atoms with Gasteiger partial charge in [0.15, 0.2) is 0 Å². The van der Waals surface area contributed by atoms with Crippen molar-refractivity contribution in [2.75, 3.05) is 25.2 Å². The van der Waals surface area contributed by atoms with Gasteiger partial charge in [-0.05, 0) is 66.3 Å². The molecule has 3 aliphatic rings. The predicted octanol–water partition coefficient (Wildman–Crippen LogP) is 7.04. The van der Waals surface area contributed by atoms with Gasteiger partial charge in [0.1, 0.15) is 5.75 Å². The maximum absolute atomic E-state index is 13.0. The normalized spacial score (nSPS) is 28.3. The quantitative estimate of drug-likeness (QED) is 0.330. The molecule has 6 heteroatoms. The molecule has 2 aliphatic heterocycles. The lowest BCUT2D eigenvalue weighted by molar-refractivity contribution is 0.160. The minimum atomic E-state index is -1.25. The van der Waals surface area contributed by atoms with Gasteiger partial charge in [0.25, 0.3) is 0 Å². The van der Waals surface area contributed by atoms with Crippen molar-refractivity contribution in [2.24, 2.45) is 11.8 Å². The Bertz CT molecular complexity index is 978. The standard InChI is InChI=1S/C27H41NO3SSi/c1-19-8-9-21-16-25(19)32(27(21,2)3)18-20-12-13-28(26(29)31-14-15-33(5,6)7)24-11-10-22(30-4)17-23(20)24/h10-12,17-19,21,25H,8-9,13-16H2,1-7H3/t19-,21-,25-,32?/m1/s1. The van der Waals surface area contributed by atoms with E-state index in [2.05, 4.69) is 57.9 Å². The SMILES string of the molecule is COc1ccc2c(c1)C(C=S1[C@@H]3C[C@@H](CC[C@H]3C)C1(C)C)=CCN2C(=O)OCC[Si](C)(C)C. The minimum Gasteiger partial charge on any atom is -0.497 e. The molecule has 4 atom stereocenters. The monoisotopic (exact) mass is 487 g/mol. The summed E-state index contributed by atoms with van der Waals surface area (Å²) in [7, 11) is 0.665. The highest BCUT2D eigenvalue weighted by Gasteiger charge is 2.48. The Morgan fingerprint density at radius 2 is 2.03 bits per heavy atom. The van der Waals surface area contributed by atoms with Crippen LogP contribution in [0, 0.1) is 11.8 Å². The van der Waals surface area contributed by atoms with E-state index in [-0.39, 0.29) is 16.6 Å². The van der Waals surface area contributed by atoms with Crippen LogP contribution in [0.4, 0.5) is 10.5 Å². The van der Waals surface area contributed by atoms with Gasteiger partial charge in [0.05, 0.1) is 19.4 Å². The lowest BCUT2D eigenvalue weighted by Gasteiger charge is -2.31. The number of ether oxygens (including phenoxy) is 2. The molecule has 2 bridgehead atoms. The number of anilines is 1. The van der Waals surface area contributed by atoms with Gasteiger partial charge in [-0.3, -0.25) is 4.90 Å². The molecule has 0 aromatic heterocycles. The van der Waals surface area contributed by atoms with Crippen LogP contribution in [0.5, 0.6) is 5.75 Å². The molecule has 182 valence electrons. The maximum atomic E-state index is 13.0. The Hall–Kier alpha value is -1.53. The zero-order chi connectivity index (χ0) is 24.0. The van der Waals surface area contributed by atoms with Crippen molar-refractivity contribution in [3.8, 4) is 5.75 Å². The number of carbonyl (C=O) groups excluding carboxylic acids is 1. The molecule has 1 aromatic carbocycles. The van der Waals surface area contributed by atoms with Gasteiger partial charge in [0, 0.05) is 30.2 Å². The average Bonchev–Trinajstić information content (AvgIpc) is 2.96. The number of allylic oxidation sites excluding steroid dienone is 1. The fourth-order valence-corrected chi connectivity index (χ4v) is 9.68. The van der Waals surface area contributed by atoms with Crippen molar-refractivity contribution < 1.29 is 14.3 Å². The summed E-state index contributed by atoms with van der Waals surface area (Å²) < 4.78 is 11.6. The second-order valence-electron chi connectivity index (χ2n) is 11.7. The number of hydrogen-bond donors (Lipinski definition) is 0. The highest BCUT2D eigenvalue weighted by Crippen LogP contribution is 2.60. The molecule has 0 spiro atoms. The van der Waals surface area contributed by atoms with E-state index in [1.54, 1.807) is 12.0 Å². The van der Waals surface area contributed by atoms with Crippen molar-refractivity contribution in [1.82, 2.24) is 0 Å². The van der Waals surface area contributed by atoms with Crippen LogP contribution in [-0.4, -0.2) is 49.8 Å². The highest BCUT2D eigenvalue weighted by molar-refractivity contribution is 8.17. The molecule has 4 rings (SSSR count). The smallest absolute Gasteiger partial charge is 0.414 e. The first kappa shape index (κ1) is 24.6. The van der Waals surface area contributed by atoms with Crippen LogP contribution in [0.15, 0.2) is 24.3 Å². The van der Waals surface area contributed by atoms with E-state index in [0.29, 0.717) is 17.9 Å². The van der Waals surface area contributed by atoms with Crippen LogP contribution in [-0.2, 0) is 4.74 Å². The Morgan fingerprint density at radius 3 is 2.73 bits per heavy atom. The first-order valence-electron chi connectivity index (χ1n) is 12.4. The summed E-state index contributed by atoms with van der Waals surface area (Å²) >= 11 is 0. The average molecular weight is 488 g/mol. The van der Waals surface area contributed by atoms with Gasteiger partial charge in [-0.2, -0.15) is 10.5 Å². The molecular weight excluding hydrogens is 446 g/mol. The van der Waals surface area contributed by atoms with Gasteiger partial charge in [-0.1, -0.05) is 46.5 Å². The molecule has 2 fully saturated rings. The zero-order valence-corrected chi connectivity index (χ0v) is 23.3. The molecule has 0 N–H and O–H groups in total. The van der Waals surface area contributed by atoms with Crippen molar-refractivity contribution >= 4 is 41.3 Å². The maximum Gasteiger partial charge on any atom is 0.414 e. The molecule has 2 heterocycles. The third-order valence-corrected chi connectivity index (χ3v) is 13.0.